The Morgan fingerprint density at radius 2 is 1.93 bits per heavy atom. The number of hydrogen-bond donors (Lipinski definition) is 1. The first kappa shape index (κ1) is 14.3. The molecule has 1 N–H and O–H groups in total. The maximum atomic E-state index is 11.2. The fourth-order valence-corrected chi connectivity index (χ4v) is 1.27. The molecule has 0 aliphatic heterocycles. The molecule has 0 saturated carbocycles. The van der Waals surface area contributed by atoms with E-state index in [1.165, 1.54) is 0 Å². The average molecular weight is 278 g/mol. The predicted octanol–water partition coefficient (Wildman–Crippen LogP) is 2.19. The summed E-state index contributed by atoms with van der Waals surface area (Å²) in [6.45, 7) is 1.80. The summed E-state index contributed by atoms with van der Waals surface area (Å²) in [5, 5.41) is 2.54. The van der Waals surface area contributed by atoms with E-state index in [-0.39, 0.29) is 45.8 Å². The Morgan fingerprint density at radius 1 is 1.33 bits per heavy atom. The van der Waals surface area contributed by atoms with Gasteiger partial charge in [-0.05, 0) is 6.92 Å². The van der Waals surface area contributed by atoms with E-state index in [2.05, 4.69) is 15.7 Å². The summed E-state index contributed by atoms with van der Waals surface area (Å²) in [6, 6.07) is 10.1. The van der Waals surface area contributed by atoms with E-state index < -0.39 is 0 Å². The largest absolute Gasteiger partial charge is 0.363 e. The molecule has 0 amide bonds. The van der Waals surface area contributed by atoms with Gasteiger partial charge in [0.1, 0.15) is 0 Å². The Bertz CT molecular complexity index is 459. The van der Waals surface area contributed by atoms with Gasteiger partial charge in [0.25, 0.3) is 0 Å². The van der Waals surface area contributed by atoms with Crippen molar-refractivity contribution >= 4 is 0 Å². The van der Waals surface area contributed by atoms with Gasteiger partial charge in [-0.15, -0.1) is 5.56 Å². The summed E-state index contributed by atoms with van der Waals surface area (Å²) in [6.07, 6.45) is 0. The molecule has 15 heavy (non-hydrogen) atoms. The summed E-state index contributed by atoms with van der Waals surface area (Å²) in [5.74, 6) is 0. The van der Waals surface area contributed by atoms with Crippen LogP contribution in [0.2, 0.25) is 0 Å². The third kappa shape index (κ3) is 2.89. The zero-order valence-corrected chi connectivity index (χ0v) is 11.5. The van der Waals surface area contributed by atoms with Crippen LogP contribution in [-0.4, -0.2) is 5.16 Å². The molecule has 2 rings (SSSR count). The van der Waals surface area contributed by atoms with Crippen molar-refractivity contribution in [1.82, 2.24) is 5.16 Å². The normalized spacial score (nSPS) is 8.87. The minimum Gasteiger partial charge on any atom is -0.358 e. The molecule has 1 heterocycles. The van der Waals surface area contributed by atoms with Gasteiger partial charge in [-0.3, -0.25) is 0 Å². The van der Waals surface area contributed by atoms with Gasteiger partial charge in [0, 0.05) is 32.7 Å². The molecular weight excluding hydrogens is 267 g/mol. The van der Waals surface area contributed by atoms with Gasteiger partial charge in [0.2, 0.25) is 0 Å². The number of nitrogens with one attached hydrogen (secondary N) is 1. The fourth-order valence-electron chi connectivity index (χ4n) is 1.27. The Balaban J connectivity index is 0.000000980. The molecule has 0 atom stereocenters. The Labute approximate surface area is 114 Å². The molecule has 1 radical (unpaired) electrons. The van der Waals surface area contributed by atoms with Gasteiger partial charge in [0.05, 0.1) is 11.3 Å². The van der Waals surface area contributed by atoms with Crippen LogP contribution in [0.25, 0.3) is 11.1 Å². The van der Waals surface area contributed by atoms with Crippen molar-refractivity contribution in [2.75, 3.05) is 0 Å². The van der Waals surface area contributed by atoms with Crippen LogP contribution >= 0.6 is 0 Å². The predicted molar refractivity (Wildman–Crippen MR) is 54.8 cm³/mol. The van der Waals surface area contributed by atoms with Gasteiger partial charge in [-0.25, -0.2) is 9.95 Å². The monoisotopic (exact) mass is 278 g/mol. The van der Waals surface area contributed by atoms with Gasteiger partial charge in [0.15, 0.2) is 0 Å². The van der Waals surface area contributed by atoms with E-state index in [1.54, 1.807) is 19.1 Å². The topological polar surface area (TPSA) is 46.0 Å². The van der Waals surface area contributed by atoms with Crippen molar-refractivity contribution in [3.63, 3.8) is 0 Å². The molecule has 1 aromatic heterocycles. The molecule has 0 aliphatic rings. The molecule has 0 aliphatic carbocycles. The Kier molecular flexibility index (Phi) is 5.77. The minimum atomic E-state index is -0.330. The first-order valence-electron chi connectivity index (χ1n) is 3.93. The number of aromatic nitrogens is 1. The number of benzene rings is 1. The van der Waals surface area contributed by atoms with Crippen LogP contribution in [0, 0.1) is 20.4 Å². The molecule has 2 aromatic rings. The van der Waals surface area contributed by atoms with Crippen molar-refractivity contribution in [1.29, 1.82) is 0 Å². The smallest absolute Gasteiger partial charge is 0.358 e. The number of aromatic amines is 1. The van der Waals surface area contributed by atoms with Crippen LogP contribution in [-0.2, 0) is 32.7 Å². The standard InChI is InChI=1S/C10H8NO2.CH3.Y/c1-7-9(10(12)13-11-7)8-5-3-2-4-6-8;;/h3-6,11H,1H3;1H3;/q2*-1;. The van der Waals surface area contributed by atoms with Crippen LogP contribution in [0.4, 0.5) is 0 Å². The Hall–Kier alpha value is -0.666. The van der Waals surface area contributed by atoms with Gasteiger partial charge < -0.3 is 11.9 Å². The van der Waals surface area contributed by atoms with Crippen LogP contribution in [0.15, 0.2) is 33.6 Å². The Morgan fingerprint density at radius 3 is 2.40 bits per heavy atom. The minimum absolute atomic E-state index is 0. The molecule has 0 unspecified atom stereocenters. The SMILES string of the molecule is Cc1[nH]oc(=O)c1-c1cc[c-]cc1.[CH3-].[Y]. The molecule has 0 bridgehead atoms. The number of rotatable bonds is 1. The summed E-state index contributed by atoms with van der Waals surface area (Å²) < 4.78 is 4.66. The van der Waals surface area contributed by atoms with Crippen LogP contribution in [0.5, 0.6) is 0 Å². The second-order valence-electron chi connectivity index (χ2n) is 2.78. The zero-order chi connectivity index (χ0) is 9.26. The number of aryl methyl sites for hydroxylation is 1. The quantitative estimate of drug-likeness (QED) is 0.813. The van der Waals surface area contributed by atoms with Crippen molar-refractivity contribution < 1.29 is 37.2 Å². The van der Waals surface area contributed by atoms with E-state index in [4.69, 9.17) is 0 Å². The molecule has 77 valence electrons. The second kappa shape index (κ2) is 6.03. The first-order chi connectivity index (χ1) is 6.29. The van der Waals surface area contributed by atoms with Crippen molar-refractivity contribution in [2.45, 2.75) is 6.92 Å². The molecule has 3 nitrogen and oxygen atoms in total. The number of hydrogen-bond acceptors (Lipinski definition) is 2. The van der Waals surface area contributed by atoms with Gasteiger partial charge >= 0.3 is 5.63 Å². The fraction of sp³-hybridized carbons (Fsp3) is 0.0909. The zero-order valence-electron chi connectivity index (χ0n) is 8.70. The average Bonchev–Trinajstić information content (AvgIpc) is 2.48. The molecule has 4 heteroatoms. The molecule has 0 fully saturated rings. The van der Waals surface area contributed by atoms with E-state index >= 15 is 0 Å². The van der Waals surface area contributed by atoms with Gasteiger partial charge in [-0.2, -0.15) is 30.3 Å². The summed E-state index contributed by atoms with van der Waals surface area (Å²) in [7, 11) is 0. The van der Waals surface area contributed by atoms with Crippen molar-refractivity contribution in [3.05, 3.63) is 53.9 Å². The van der Waals surface area contributed by atoms with E-state index in [0.717, 1.165) is 11.3 Å². The summed E-state index contributed by atoms with van der Waals surface area (Å²) in [5.41, 5.74) is 1.86. The summed E-state index contributed by atoms with van der Waals surface area (Å²) >= 11 is 0. The molecule has 1 aromatic carbocycles. The molecule has 0 spiro atoms. The van der Waals surface area contributed by atoms with Crippen LogP contribution < -0.4 is 5.63 Å². The number of H-pyrrole nitrogens is 1. The van der Waals surface area contributed by atoms with E-state index in [1.807, 2.05) is 12.1 Å². The van der Waals surface area contributed by atoms with Crippen LogP contribution in [0.1, 0.15) is 5.69 Å². The van der Waals surface area contributed by atoms with E-state index in [0.29, 0.717) is 5.56 Å². The molecule has 0 saturated heterocycles. The first-order valence-corrected chi connectivity index (χ1v) is 3.93. The maximum Gasteiger partial charge on any atom is 0.363 e. The van der Waals surface area contributed by atoms with Crippen molar-refractivity contribution in [3.8, 4) is 11.1 Å². The van der Waals surface area contributed by atoms with E-state index in [9.17, 15) is 4.79 Å². The third-order valence-electron chi connectivity index (χ3n) is 1.88. The van der Waals surface area contributed by atoms with Crippen molar-refractivity contribution in [2.24, 2.45) is 0 Å². The molecular formula is C11H11NO2Y-2. The summed E-state index contributed by atoms with van der Waals surface area (Å²) in [4.78, 5) is 11.2. The maximum absolute atomic E-state index is 11.2. The van der Waals surface area contributed by atoms with Gasteiger partial charge in [-0.1, -0.05) is 0 Å². The second-order valence-corrected chi connectivity index (χ2v) is 2.78. The van der Waals surface area contributed by atoms with Crippen LogP contribution in [0.3, 0.4) is 0 Å². The third-order valence-corrected chi connectivity index (χ3v) is 1.88.